The molecule has 158 valence electrons. The molecule has 0 aliphatic heterocycles. The third-order valence-electron chi connectivity index (χ3n) is 4.06. The van der Waals surface area contributed by atoms with E-state index in [-0.39, 0.29) is 48.1 Å². The highest BCUT2D eigenvalue weighted by atomic mass is 32.2. The minimum atomic E-state index is -3.96. The molecule has 0 saturated carbocycles. The van der Waals surface area contributed by atoms with Gasteiger partial charge in [-0.2, -0.15) is 0 Å². The number of benzene rings is 2. The summed E-state index contributed by atoms with van der Waals surface area (Å²) in [6, 6.07) is 11.2. The smallest absolute Gasteiger partial charge is 0.275 e. The fourth-order valence-electron chi connectivity index (χ4n) is 2.43. The second-order valence-corrected chi connectivity index (χ2v) is 8.06. The molecule has 29 heavy (non-hydrogen) atoms. The fraction of sp³-hybridized carbons (Fsp3) is 0.333. The lowest BCUT2D eigenvalue weighted by molar-refractivity contribution is -0.385. The Morgan fingerprint density at radius 3 is 2.59 bits per heavy atom. The molecule has 0 radical (unpaired) electrons. The van der Waals surface area contributed by atoms with E-state index in [9.17, 15) is 23.6 Å². The van der Waals surface area contributed by atoms with E-state index in [0.717, 1.165) is 6.07 Å². The van der Waals surface area contributed by atoms with Crippen molar-refractivity contribution >= 4 is 21.4 Å². The third kappa shape index (κ3) is 6.68. The quantitative estimate of drug-likeness (QED) is 0.178. The van der Waals surface area contributed by atoms with E-state index < -0.39 is 21.1 Å². The molecule has 0 spiro atoms. The lowest BCUT2D eigenvalue weighted by Crippen LogP contribution is -2.37. The van der Waals surface area contributed by atoms with E-state index in [1.54, 1.807) is 12.1 Å². The first-order chi connectivity index (χ1) is 13.7. The minimum absolute atomic E-state index is 0.0240. The Morgan fingerprint density at radius 2 is 1.93 bits per heavy atom. The van der Waals surface area contributed by atoms with Crippen LogP contribution in [0, 0.1) is 17.0 Å². The third-order valence-corrected chi connectivity index (χ3v) is 5.50. The number of anilines is 1. The van der Waals surface area contributed by atoms with Gasteiger partial charge in [-0.15, -0.1) is 0 Å². The average Bonchev–Trinajstić information content (AvgIpc) is 2.68. The van der Waals surface area contributed by atoms with Crippen LogP contribution in [0.25, 0.3) is 0 Å². The molecular formula is C18H24N4O6S. The number of nitro benzene ring substituents is 1. The molecule has 0 bridgehead atoms. The summed E-state index contributed by atoms with van der Waals surface area (Å²) in [4.78, 5) is 10.1. The number of nitrogen functional groups attached to an aromatic ring is 1. The first kappa shape index (κ1) is 22.6. The number of nitro groups is 1. The van der Waals surface area contributed by atoms with Gasteiger partial charge < -0.3 is 20.9 Å². The summed E-state index contributed by atoms with van der Waals surface area (Å²) < 4.78 is 32.4. The number of aliphatic hydroxyl groups is 1. The molecule has 0 aliphatic carbocycles. The van der Waals surface area contributed by atoms with Crippen LogP contribution in [0.1, 0.15) is 5.56 Å². The molecule has 0 heterocycles. The average molecular weight is 424 g/mol. The van der Waals surface area contributed by atoms with E-state index in [4.69, 9.17) is 10.5 Å². The van der Waals surface area contributed by atoms with E-state index in [1.165, 1.54) is 13.0 Å². The fourth-order valence-corrected chi connectivity index (χ4v) is 3.52. The Kier molecular flexibility index (Phi) is 7.91. The van der Waals surface area contributed by atoms with Gasteiger partial charge in [-0.25, -0.2) is 13.1 Å². The molecule has 0 saturated heterocycles. The van der Waals surface area contributed by atoms with Crippen molar-refractivity contribution in [2.24, 2.45) is 0 Å². The summed E-state index contributed by atoms with van der Waals surface area (Å²) in [6.07, 6.45) is -0.772. The van der Waals surface area contributed by atoms with Crippen molar-refractivity contribution in [3.05, 3.63) is 58.1 Å². The van der Waals surface area contributed by atoms with Crippen LogP contribution in [0.5, 0.6) is 5.75 Å². The van der Waals surface area contributed by atoms with Crippen LogP contribution < -0.4 is 20.5 Å². The van der Waals surface area contributed by atoms with Crippen molar-refractivity contribution in [3.63, 3.8) is 0 Å². The first-order valence-corrected chi connectivity index (χ1v) is 10.3. The molecule has 1 unspecified atom stereocenters. The topological polar surface area (TPSA) is 157 Å². The Hall–Kier alpha value is -2.73. The molecule has 0 aromatic heterocycles. The highest BCUT2D eigenvalue weighted by Gasteiger charge is 2.21. The predicted molar refractivity (Wildman–Crippen MR) is 108 cm³/mol. The Balaban J connectivity index is 1.79. The standard InChI is InChI=1S/C18H24N4O6S/c1-13-17(19)9-16(10-18(13)22(24)25)29(26,27)21-8-7-20-11-14(23)12-28-15-5-3-2-4-6-15/h2-6,9-10,14,20-21,23H,7-8,11-12,19H2,1H3. The maximum atomic E-state index is 12.3. The summed E-state index contributed by atoms with van der Waals surface area (Å²) in [5, 5.41) is 23.8. The summed E-state index contributed by atoms with van der Waals surface area (Å²) in [5.74, 6) is 0.644. The molecular weight excluding hydrogens is 400 g/mol. The van der Waals surface area contributed by atoms with Crippen LogP contribution >= 0.6 is 0 Å². The lowest BCUT2D eigenvalue weighted by Gasteiger charge is -2.14. The number of nitrogens with zero attached hydrogens (tertiary/aromatic N) is 1. The molecule has 2 rings (SSSR count). The first-order valence-electron chi connectivity index (χ1n) is 8.81. The molecule has 0 aliphatic rings. The van der Waals surface area contributed by atoms with Crippen molar-refractivity contribution < 1.29 is 23.2 Å². The van der Waals surface area contributed by atoms with Crippen LogP contribution in [-0.2, 0) is 10.0 Å². The summed E-state index contributed by atoms with van der Waals surface area (Å²) in [5.41, 5.74) is 5.57. The Morgan fingerprint density at radius 1 is 1.24 bits per heavy atom. The van der Waals surface area contributed by atoms with Gasteiger partial charge in [-0.1, -0.05) is 18.2 Å². The molecule has 1 atom stereocenters. The van der Waals surface area contributed by atoms with Crippen molar-refractivity contribution in [1.82, 2.24) is 10.0 Å². The van der Waals surface area contributed by atoms with Gasteiger partial charge in [-0.05, 0) is 25.1 Å². The van der Waals surface area contributed by atoms with Crippen LogP contribution in [0.2, 0.25) is 0 Å². The number of nitrogens with one attached hydrogen (secondary N) is 2. The number of hydrogen-bond donors (Lipinski definition) is 4. The van der Waals surface area contributed by atoms with Gasteiger partial charge in [0.05, 0.1) is 9.82 Å². The van der Waals surface area contributed by atoms with Crippen LogP contribution in [-0.4, -0.2) is 50.8 Å². The van der Waals surface area contributed by atoms with Gasteiger partial charge in [0.2, 0.25) is 10.0 Å². The van der Waals surface area contributed by atoms with Gasteiger partial charge >= 0.3 is 0 Å². The zero-order chi connectivity index (χ0) is 21.4. The van der Waals surface area contributed by atoms with E-state index >= 15 is 0 Å². The molecule has 2 aromatic carbocycles. The summed E-state index contributed by atoms with van der Waals surface area (Å²) in [7, 11) is -3.96. The van der Waals surface area contributed by atoms with Gasteiger partial charge in [0.1, 0.15) is 18.5 Å². The number of sulfonamides is 1. The number of aliphatic hydroxyl groups excluding tert-OH is 1. The highest BCUT2D eigenvalue weighted by Crippen LogP contribution is 2.27. The molecule has 0 fully saturated rings. The molecule has 10 nitrogen and oxygen atoms in total. The SMILES string of the molecule is Cc1c(N)cc(S(=O)(=O)NCCNCC(O)COc2ccccc2)cc1[N+](=O)[O-]. The normalized spacial score (nSPS) is 12.5. The monoisotopic (exact) mass is 424 g/mol. The Labute approximate surface area is 168 Å². The number of nitrogens with two attached hydrogens (primary N) is 1. The van der Waals surface area contributed by atoms with Gasteiger partial charge in [0.25, 0.3) is 5.69 Å². The van der Waals surface area contributed by atoms with Gasteiger partial charge in [0.15, 0.2) is 0 Å². The van der Waals surface area contributed by atoms with Crippen molar-refractivity contribution in [3.8, 4) is 5.75 Å². The van der Waals surface area contributed by atoms with Crippen LogP contribution in [0.4, 0.5) is 11.4 Å². The second kappa shape index (κ2) is 10.2. The van der Waals surface area contributed by atoms with Crippen LogP contribution in [0.3, 0.4) is 0 Å². The molecule has 0 amide bonds. The zero-order valence-corrected chi connectivity index (χ0v) is 16.7. The summed E-state index contributed by atoms with van der Waals surface area (Å²) >= 11 is 0. The number of ether oxygens (including phenoxy) is 1. The second-order valence-electron chi connectivity index (χ2n) is 6.29. The lowest BCUT2D eigenvalue weighted by atomic mass is 10.1. The number of rotatable bonds is 11. The number of hydrogen-bond acceptors (Lipinski definition) is 8. The molecule has 5 N–H and O–H groups in total. The maximum absolute atomic E-state index is 12.3. The van der Waals surface area contributed by atoms with Crippen molar-refractivity contribution in [1.29, 1.82) is 0 Å². The number of para-hydroxylation sites is 1. The van der Waals surface area contributed by atoms with Gasteiger partial charge in [0, 0.05) is 37.0 Å². The largest absolute Gasteiger partial charge is 0.491 e. The highest BCUT2D eigenvalue weighted by molar-refractivity contribution is 7.89. The van der Waals surface area contributed by atoms with E-state index in [0.29, 0.717) is 5.75 Å². The summed E-state index contributed by atoms with van der Waals surface area (Å²) in [6.45, 7) is 2.02. The van der Waals surface area contributed by atoms with Crippen molar-refractivity contribution in [2.75, 3.05) is 32.0 Å². The van der Waals surface area contributed by atoms with E-state index in [1.807, 2.05) is 18.2 Å². The predicted octanol–water partition coefficient (Wildman–Crippen LogP) is 0.793. The van der Waals surface area contributed by atoms with Crippen molar-refractivity contribution in [2.45, 2.75) is 17.9 Å². The maximum Gasteiger partial charge on any atom is 0.275 e. The van der Waals surface area contributed by atoms with E-state index in [2.05, 4.69) is 10.0 Å². The molecule has 11 heteroatoms. The zero-order valence-electron chi connectivity index (χ0n) is 15.9. The van der Waals surface area contributed by atoms with Gasteiger partial charge in [-0.3, -0.25) is 10.1 Å². The Bertz CT molecular complexity index is 937. The van der Waals surface area contributed by atoms with Crippen LogP contribution in [0.15, 0.2) is 47.4 Å². The minimum Gasteiger partial charge on any atom is -0.491 e. The molecule has 2 aromatic rings.